The second-order valence-electron chi connectivity index (χ2n) is 6.78. The molecule has 0 aromatic heterocycles. The lowest BCUT2D eigenvalue weighted by Gasteiger charge is -2.39. The van der Waals surface area contributed by atoms with Crippen molar-refractivity contribution < 1.29 is 17.6 Å². The number of anilines is 1. The summed E-state index contributed by atoms with van der Waals surface area (Å²) >= 11 is 1.63. The molecule has 0 radical (unpaired) electrons. The van der Waals surface area contributed by atoms with Gasteiger partial charge in [-0.2, -0.15) is 13.2 Å². The lowest BCUT2D eigenvalue weighted by atomic mass is 10.00. The van der Waals surface area contributed by atoms with Gasteiger partial charge in [-0.3, -0.25) is 0 Å². The first-order valence-corrected chi connectivity index (χ1v) is 9.99. The van der Waals surface area contributed by atoms with Crippen LogP contribution in [-0.4, -0.2) is 30.1 Å². The van der Waals surface area contributed by atoms with E-state index in [0.717, 1.165) is 23.1 Å². The maximum atomic E-state index is 13.7. The first-order valence-electron chi connectivity index (χ1n) is 8.94. The van der Waals surface area contributed by atoms with Gasteiger partial charge in [0.15, 0.2) is 0 Å². The van der Waals surface area contributed by atoms with E-state index in [4.69, 9.17) is 0 Å². The van der Waals surface area contributed by atoms with Crippen LogP contribution in [0.25, 0.3) is 5.70 Å². The molecule has 2 nitrogen and oxygen atoms in total. The summed E-state index contributed by atoms with van der Waals surface area (Å²) in [6.07, 6.45) is -2.37. The quantitative estimate of drug-likeness (QED) is 0.571. The Hall–Kier alpha value is -2.15. The minimum absolute atomic E-state index is 0.151. The highest BCUT2D eigenvalue weighted by molar-refractivity contribution is 8.00. The first-order chi connectivity index (χ1) is 13.2. The molecular weight excluding hydrogens is 388 g/mol. The molecule has 0 saturated heterocycles. The smallest absolute Gasteiger partial charge is 0.377 e. The molecule has 0 saturated carbocycles. The van der Waals surface area contributed by atoms with Gasteiger partial charge in [-0.05, 0) is 41.7 Å². The lowest BCUT2D eigenvalue weighted by molar-refractivity contribution is -0.137. The SMILES string of the molecule is CCSC1C=C(N(C)C)c2ccc(C(F)(F)F)cc2N1Cc1cccc(F)c1. The highest BCUT2D eigenvalue weighted by Gasteiger charge is 2.34. The number of thioether (sulfide) groups is 1. The van der Waals surface area contributed by atoms with Crippen LogP contribution < -0.4 is 4.90 Å². The fourth-order valence-corrected chi connectivity index (χ4v) is 4.25. The highest BCUT2D eigenvalue weighted by Crippen LogP contribution is 2.42. The van der Waals surface area contributed by atoms with Crippen LogP contribution in [0.5, 0.6) is 0 Å². The summed E-state index contributed by atoms with van der Waals surface area (Å²) in [5.74, 6) is 0.443. The van der Waals surface area contributed by atoms with Crippen molar-refractivity contribution >= 4 is 23.1 Å². The van der Waals surface area contributed by atoms with E-state index in [2.05, 4.69) is 6.08 Å². The Labute approximate surface area is 166 Å². The molecule has 1 atom stereocenters. The molecule has 0 amide bonds. The summed E-state index contributed by atoms with van der Waals surface area (Å²) in [6.45, 7) is 2.33. The molecule has 1 unspecified atom stereocenters. The molecule has 1 heterocycles. The zero-order valence-corrected chi connectivity index (χ0v) is 16.7. The van der Waals surface area contributed by atoms with Crippen LogP contribution >= 0.6 is 11.8 Å². The Kier molecular flexibility index (Phi) is 5.93. The number of hydrogen-bond donors (Lipinski definition) is 0. The largest absolute Gasteiger partial charge is 0.416 e. The predicted octanol–water partition coefficient (Wildman–Crippen LogP) is 5.85. The third kappa shape index (κ3) is 4.29. The second-order valence-corrected chi connectivity index (χ2v) is 8.17. The van der Waals surface area contributed by atoms with E-state index in [1.165, 1.54) is 24.3 Å². The van der Waals surface area contributed by atoms with Gasteiger partial charge in [-0.1, -0.05) is 25.1 Å². The van der Waals surface area contributed by atoms with E-state index in [-0.39, 0.29) is 11.2 Å². The van der Waals surface area contributed by atoms with Crippen molar-refractivity contribution in [3.63, 3.8) is 0 Å². The van der Waals surface area contributed by atoms with Gasteiger partial charge in [0.05, 0.1) is 10.9 Å². The molecular formula is C21H22F4N2S. The van der Waals surface area contributed by atoms with Crippen LogP contribution in [0.1, 0.15) is 23.6 Å². The molecule has 0 aliphatic carbocycles. The number of hydrogen-bond acceptors (Lipinski definition) is 3. The Bertz CT molecular complexity index is 877. The van der Waals surface area contributed by atoms with Gasteiger partial charge in [-0.15, -0.1) is 11.8 Å². The van der Waals surface area contributed by atoms with Gasteiger partial charge >= 0.3 is 6.18 Å². The van der Waals surface area contributed by atoms with Crippen LogP contribution in [0.2, 0.25) is 0 Å². The summed E-state index contributed by atoms with van der Waals surface area (Å²) in [5, 5.41) is -0.151. The normalized spacial score (nSPS) is 16.6. The minimum Gasteiger partial charge on any atom is -0.377 e. The molecule has 7 heteroatoms. The van der Waals surface area contributed by atoms with Gasteiger partial charge in [0, 0.05) is 37.6 Å². The fourth-order valence-electron chi connectivity index (χ4n) is 3.32. The molecule has 3 rings (SSSR count). The van der Waals surface area contributed by atoms with E-state index >= 15 is 0 Å². The number of rotatable bonds is 5. The minimum atomic E-state index is -4.42. The maximum Gasteiger partial charge on any atom is 0.416 e. The molecule has 2 aromatic rings. The van der Waals surface area contributed by atoms with Crippen molar-refractivity contribution in [2.75, 3.05) is 24.7 Å². The van der Waals surface area contributed by atoms with Gasteiger partial charge < -0.3 is 9.80 Å². The first kappa shape index (κ1) is 20.6. The summed E-state index contributed by atoms with van der Waals surface area (Å²) in [4.78, 5) is 3.83. The van der Waals surface area contributed by atoms with Crippen LogP contribution in [0.4, 0.5) is 23.2 Å². The Morgan fingerprint density at radius 1 is 1.11 bits per heavy atom. The maximum absolute atomic E-state index is 13.7. The van der Waals surface area contributed by atoms with Gasteiger partial charge in [0.2, 0.25) is 0 Å². The lowest BCUT2D eigenvalue weighted by Crippen LogP contribution is -2.36. The molecule has 1 aliphatic heterocycles. The second kappa shape index (κ2) is 8.07. The van der Waals surface area contributed by atoms with Crippen LogP contribution in [0.15, 0.2) is 48.5 Å². The van der Waals surface area contributed by atoms with Crippen molar-refractivity contribution in [1.29, 1.82) is 0 Å². The zero-order valence-electron chi connectivity index (χ0n) is 15.9. The van der Waals surface area contributed by atoms with E-state index in [0.29, 0.717) is 17.8 Å². The predicted molar refractivity (Wildman–Crippen MR) is 108 cm³/mol. The summed E-state index contributed by atoms with van der Waals surface area (Å²) in [7, 11) is 3.76. The monoisotopic (exact) mass is 410 g/mol. The van der Waals surface area contributed by atoms with E-state index in [1.54, 1.807) is 23.9 Å². The molecule has 0 fully saturated rings. The number of fused-ring (bicyclic) bond motifs is 1. The van der Waals surface area contributed by atoms with Crippen molar-refractivity contribution in [2.24, 2.45) is 0 Å². The molecule has 150 valence electrons. The highest BCUT2D eigenvalue weighted by atomic mass is 32.2. The average Bonchev–Trinajstić information content (AvgIpc) is 2.62. The number of alkyl halides is 3. The molecule has 0 N–H and O–H groups in total. The van der Waals surface area contributed by atoms with E-state index in [1.807, 2.05) is 30.8 Å². The van der Waals surface area contributed by atoms with Gasteiger partial charge in [-0.25, -0.2) is 4.39 Å². The van der Waals surface area contributed by atoms with Gasteiger partial charge in [0.25, 0.3) is 0 Å². The molecule has 1 aliphatic rings. The Morgan fingerprint density at radius 2 is 1.86 bits per heavy atom. The van der Waals surface area contributed by atoms with Crippen LogP contribution in [-0.2, 0) is 12.7 Å². The summed E-state index contributed by atoms with van der Waals surface area (Å²) < 4.78 is 53.8. The standard InChI is InChI=1S/C21H22F4N2S/c1-4-28-20-12-18(26(2)3)17-9-8-15(21(23,24)25)11-19(17)27(20)13-14-6-5-7-16(22)10-14/h5-12,20H,4,13H2,1-3H3. The topological polar surface area (TPSA) is 6.48 Å². The Morgan fingerprint density at radius 3 is 2.46 bits per heavy atom. The summed E-state index contributed by atoms with van der Waals surface area (Å²) in [5.41, 5.74) is 2.16. The molecule has 2 aromatic carbocycles. The third-order valence-electron chi connectivity index (χ3n) is 4.58. The molecule has 28 heavy (non-hydrogen) atoms. The van der Waals surface area contributed by atoms with E-state index in [9.17, 15) is 17.6 Å². The Balaban J connectivity index is 2.13. The number of benzene rings is 2. The number of halogens is 4. The van der Waals surface area contributed by atoms with Gasteiger partial charge in [0.1, 0.15) is 5.82 Å². The van der Waals surface area contributed by atoms with Crippen molar-refractivity contribution in [1.82, 2.24) is 4.90 Å². The van der Waals surface area contributed by atoms with Crippen LogP contribution in [0.3, 0.4) is 0 Å². The van der Waals surface area contributed by atoms with Crippen molar-refractivity contribution in [3.05, 3.63) is 71.0 Å². The van der Waals surface area contributed by atoms with Crippen molar-refractivity contribution in [3.8, 4) is 0 Å². The van der Waals surface area contributed by atoms with Crippen LogP contribution in [0, 0.1) is 5.82 Å². The summed E-state index contributed by atoms with van der Waals surface area (Å²) in [6, 6.07) is 10.0. The molecule has 0 bridgehead atoms. The van der Waals surface area contributed by atoms with E-state index < -0.39 is 11.7 Å². The average molecular weight is 410 g/mol. The molecule has 0 spiro atoms. The number of nitrogens with zero attached hydrogens (tertiary/aromatic N) is 2. The fraction of sp³-hybridized carbons (Fsp3) is 0.333. The van der Waals surface area contributed by atoms with Crippen molar-refractivity contribution in [2.45, 2.75) is 25.0 Å². The third-order valence-corrected chi connectivity index (χ3v) is 5.64. The zero-order chi connectivity index (χ0) is 20.5.